The topological polar surface area (TPSA) is 110 Å². The largest absolute Gasteiger partial charge is 0.368 e. The summed E-state index contributed by atoms with van der Waals surface area (Å²) in [7, 11) is 0. The van der Waals surface area contributed by atoms with Gasteiger partial charge in [0.25, 0.3) is 5.69 Å². The van der Waals surface area contributed by atoms with Gasteiger partial charge < -0.3 is 14.4 Å². The number of carbonyl (C=O) groups is 1. The van der Waals surface area contributed by atoms with Crippen LogP contribution in [0.5, 0.6) is 0 Å². The van der Waals surface area contributed by atoms with Gasteiger partial charge in [-0.1, -0.05) is 59.8 Å². The Hall–Kier alpha value is -4.51. The molecular weight excluding hydrogens is 562 g/mol. The van der Waals surface area contributed by atoms with Gasteiger partial charge in [-0.05, 0) is 43.5 Å². The van der Waals surface area contributed by atoms with Crippen LogP contribution < -0.4 is 4.90 Å². The average molecular weight is 596 g/mol. The lowest BCUT2D eigenvalue weighted by Gasteiger charge is -2.36. The number of benzene rings is 3. The Bertz CT molecular complexity index is 1760. The molecule has 43 heavy (non-hydrogen) atoms. The molecule has 0 spiro atoms. The highest BCUT2D eigenvalue weighted by atomic mass is 32.2. The van der Waals surface area contributed by atoms with E-state index in [9.17, 15) is 14.9 Å². The number of para-hydroxylation sites is 1. The molecule has 1 aliphatic heterocycles. The van der Waals surface area contributed by atoms with E-state index in [4.69, 9.17) is 4.98 Å². The molecule has 6 rings (SSSR count). The molecule has 1 fully saturated rings. The third-order valence-corrected chi connectivity index (χ3v) is 8.78. The van der Waals surface area contributed by atoms with E-state index in [1.54, 1.807) is 23.9 Å². The van der Waals surface area contributed by atoms with Gasteiger partial charge in [0.05, 0.1) is 10.4 Å². The Kier molecular flexibility index (Phi) is 8.50. The Morgan fingerprint density at radius 2 is 1.74 bits per heavy atom. The first-order valence-electron chi connectivity index (χ1n) is 14.5. The summed E-state index contributed by atoms with van der Waals surface area (Å²) < 4.78 is 2.22. The van der Waals surface area contributed by atoms with Crippen molar-refractivity contribution in [3.8, 4) is 0 Å². The number of nitro benzene ring substituents is 1. The van der Waals surface area contributed by atoms with Crippen LogP contribution in [0.2, 0.25) is 0 Å². The number of aromatic nitrogens is 4. The van der Waals surface area contributed by atoms with Gasteiger partial charge in [-0.2, -0.15) is 0 Å². The quantitative estimate of drug-likeness (QED) is 0.0855. The van der Waals surface area contributed by atoms with Gasteiger partial charge in [0, 0.05) is 68.1 Å². The van der Waals surface area contributed by atoms with Crippen LogP contribution >= 0.6 is 11.8 Å². The Morgan fingerprint density at radius 1 is 0.953 bits per heavy atom. The van der Waals surface area contributed by atoms with Crippen molar-refractivity contribution in [2.24, 2.45) is 0 Å². The van der Waals surface area contributed by atoms with Crippen LogP contribution in [0.3, 0.4) is 0 Å². The second-order valence-electron chi connectivity index (χ2n) is 10.8. The smallest absolute Gasteiger partial charge is 0.269 e. The molecule has 5 aromatic rings. The molecule has 0 aliphatic carbocycles. The number of fused-ring (bicyclic) bond motifs is 3. The van der Waals surface area contributed by atoms with E-state index in [1.165, 1.54) is 23.3 Å². The number of hydrogen-bond donors (Lipinski definition) is 0. The summed E-state index contributed by atoms with van der Waals surface area (Å²) in [6, 6.07) is 23.3. The number of piperazine rings is 1. The number of carbonyl (C=O) groups excluding carboxylic acids is 1. The maximum Gasteiger partial charge on any atom is 0.269 e. The monoisotopic (exact) mass is 595 g/mol. The fourth-order valence-corrected chi connectivity index (χ4v) is 6.38. The minimum Gasteiger partial charge on any atom is -0.368 e. The predicted molar refractivity (Wildman–Crippen MR) is 170 cm³/mol. The number of amides is 1. The fourth-order valence-electron chi connectivity index (χ4n) is 5.60. The van der Waals surface area contributed by atoms with Crippen molar-refractivity contribution < 1.29 is 9.72 Å². The molecule has 3 aromatic carbocycles. The number of non-ortho nitro benzene ring substituents is 1. The first kappa shape index (κ1) is 28.6. The number of nitro groups is 1. The first-order chi connectivity index (χ1) is 21.0. The molecule has 0 saturated carbocycles. The molecule has 2 aromatic heterocycles. The first-order valence-corrected chi connectivity index (χ1v) is 15.5. The number of hydrogen-bond acceptors (Lipinski definition) is 8. The summed E-state index contributed by atoms with van der Waals surface area (Å²) in [6.45, 7) is 5.55. The van der Waals surface area contributed by atoms with E-state index >= 15 is 0 Å². The number of aryl methyl sites for hydroxylation is 1. The zero-order valence-corrected chi connectivity index (χ0v) is 24.9. The Balaban J connectivity index is 1.01. The van der Waals surface area contributed by atoms with Crippen molar-refractivity contribution in [3.63, 3.8) is 0 Å². The van der Waals surface area contributed by atoms with Crippen molar-refractivity contribution in [3.05, 3.63) is 94.0 Å². The highest BCUT2D eigenvalue weighted by Gasteiger charge is 2.21. The van der Waals surface area contributed by atoms with Crippen LogP contribution in [0.4, 0.5) is 11.4 Å². The molecule has 10 nitrogen and oxygen atoms in total. The van der Waals surface area contributed by atoms with Crippen LogP contribution in [0.15, 0.2) is 78.0 Å². The third kappa shape index (κ3) is 6.46. The predicted octanol–water partition coefficient (Wildman–Crippen LogP) is 5.86. The second kappa shape index (κ2) is 12.8. The molecule has 0 atom stereocenters. The Morgan fingerprint density at radius 3 is 2.51 bits per heavy atom. The maximum atomic E-state index is 12.8. The summed E-state index contributed by atoms with van der Waals surface area (Å²) >= 11 is 1.58. The zero-order chi connectivity index (χ0) is 29.8. The number of thioether (sulfide) groups is 1. The molecular formula is C32H33N7O3S. The lowest BCUT2D eigenvalue weighted by molar-refractivity contribution is -0.384. The number of unbranched alkanes of at least 4 members (excludes halogenated alkanes) is 1. The second-order valence-corrected chi connectivity index (χ2v) is 11.9. The number of nitrogens with zero attached hydrogens (tertiary/aromatic N) is 7. The van der Waals surface area contributed by atoms with E-state index in [1.807, 2.05) is 17.0 Å². The zero-order valence-electron chi connectivity index (χ0n) is 24.1. The number of rotatable bonds is 10. The number of anilines is 1. The minimum atomic E-state index is -0.394. The summed E-state index contributed by atoms with van der Waals surface area (Å²) in [5, 5.41) is 21.6. The third-order valence-electron chi connectivity index (χ3n) is 7.85. The van der Waals surface area contributed by atoms with Crippen LogP contribution in [0.25, 0.3) is 22.1 Å². The van der Waals surface area contributed by atoms with Gasteiger partial charge in [0.15, 0.2) is 5.65 Å². The summed E-state index contributed by atoms with van der Waals surface area (Å²) in [5.74, 6) is 0.986. The molecule has 1 amide bonds. The van der Waals surface area contributed by atoms with E-state index in [-0.39, 0.29) is 11.6 Å². The van der Waals surface area contributed by atoms with E-state index < -0.39 is 4.92 Å². The average Bonchev–Trinajstić information content (AvgIpc) is 3.33. The standard InChI is InChI=1S/C32H33N7O3S/c1-23-7-6-8-24(21-23)22-38-28-10-3-2-9-27(28)30-31(38)33-32(35-34-30)43-20-5-4-11-29(40)37-18-16-36(17-19-37)25-12-14-26(15-13-25)39(41)42/h2-3,6-10,12-15,21H,4-5,11,16-20,22H2,1H3. The lowest BCUT2D eigenvalue weighted by Crippen LogP contribution is -2.48. The Labute approximate surface area is 253 Å². The van der Waals surface area contributed by atoms with Gasteiger partial charge in [-0.25, -0.2) is 4.98 Å². The lowest BCUT2D eigenvalue weighted by atomic mass is 10.1. The van der Waals surface area contributed by atoms with E-state index in [2.05, 4.69) is 63.0 Å². The van der Waals surface area contributed by atoms with E-state index in [0.717, 1.165) is 46.3 Å². The summed E-state index contributed by atoms with van der Waals surface area (Å²) in [6.07, 6.45) is 2.20. The van der Waals surface area contributed by atoms with Crippen LogP contribution in [-0.2, 0) is 11.3 Å². The molecule has 0 unspecified atom stereocenters. The SMILES string of the molecule is Cc1cccc(Cn2c3ccccc3c3nnc(SCCCCC(=O)N4CCN(c5ccc([N+](=O)[O-])cc5)CC4)nc32)c1. The van der Waals surface area contributed by atoms with Crippen LogP contribution in [0, 0.1) is 17.0 Å². The summed E-state index contributed by atoms with van der Waals surface area (Å²) in [4.78, 5) is 32.3. The van der Waals surface area contributed by atoms with Gasteiger partial charge in [0.1, 0.15) is 5.52 Å². The molecule has 0 radical (unpaired) electrons. The highest BCUT2D eigenvalue weighted by Crippen LogP contribution is 2.28. The molecule has 220 valence electrons. The fraction of sp³-hybridized carbons (Fsp3) is 0.312. The van der Waals surface area contributed by atoms with Crippen LogP contribution in [0.1, 0.15) is 30.4 Å². The van der Waals surface area contributed by atoms with Crippen LogP contribution in [-0.4, -0.2) is 67.4 Å². The van der Waals surface area contributed by atoms with Crippen molar-refractivity contribution in [2.45, 2.75) is 37.9 Å². The van der Waals surface area contributed by atoms with Gasteiger partial charge in [0.2, 0.25) is 11.1 Å². The maximum absolute atomic E-state index is 12.8. The van der Waals surface area contributed by atoms with Crippen molar-refractivity contribution >= 4 is 51.1 Å². The van der Waals surface area contributed by atoms with Crippen molar-refractivity contribution in [1.29, 1.82) is 0 Å². The highest BCUT2D eigenvalue weighted by molar-refractivity contribution is 7.99. The molecule has 0 N–H and O–H groups in total. The summed E-state index contributed by atoms with van der Waals surface area (Å²) in [5.41, 5.74) is 6.21. The molecule has 1 saturated heterocycles. The van der Waals surface area contributed by atoms with Crippen molar-refractivity contribution in [1.82, 2.24) is 24.6 Å². The van der Waals surface area contributed by atoms with Gasteiger partial charge >= 0.3 is 0 Å². The molecule has 11 heteroatoms. The minimum absolute atomic E-state index is 0.0837. The molecule has 3 heterocycles. The molecule has 0 bridgehead atoms. The van der Waals surface area contributed by atoms with E-state index in [0.29, 0.717) is 44.3 Å². The molecule has 1 aliphatic rings. The normalized spacial score (nSPS) is 13.6. The van der Waals surface area contributed by atoms with Gasteiger partial charge in [-0.3, -0.25) is 14.9 Å². The van der Waals surface area contributed by atoms with Crippen molar-refractivity contribution in [2.75, 3.05) is 36.8 Å². The van der Waals surface area contributed by atoms with Gasteiger partial charge in [-0.15, -0.1) is 10.2 Å².